The van der Waals surface area contributed by atoms with Crippen molar-refractivity contribution >= 4 is 23.2 Å². The smallest absolute Gasteiger partial charge is 0.368 e. The predicted molar refractivity (Wildman–Crippen MR) is 108 cm³/mol. The fraction of sp³-hybridized carbons (Fsp3) is 0.238. The van der Waals surface area contributed by atoms with Crippen LogP contribution < -0.4 is 9.80 Å². The Bertz CT molecular complexity index is 987. The molecule has 0 radical (unpaired) electrons. The van der Waals surface area contributed by atoms with Crippen molar-refractivity contribution in [2.45, 2.75) is 6.18 Å². The summed E-state index contributed by atoms with van der Waals surface area (Å²) in [6.07, 6.45) is -4.54. The summed E-state index contributed by atoms with van der Waals surface area (Å²) < 4.78 is 40.3. The van der Waals surface area contributed by atoms with Crippen LogP contribution in [0.2, 0.25) is 5.02 Å². The number of hydrogen-bond donors (Lipinski definition) is 0. The first kappa shape index (κ1) is 19.5. The number of rotatable bonds is 3. The van der Waals surface area contributed by atoms with Crippen molar-refractivity contribution in [2.75, 3.05) is 36.0 Å². The summed E-state index contributed by atoms with van der Waals surface area (Å²) in [5.74, 6) is 0.101. The second kappa shape index (κ2) is 7.91. The van der Waals surface area contributed by atoms with Gasteiger partial charge in [0.1, 0.15) is 0 Å². The molecular weight excluding hydrogens is 401 g/mol. The van der Waals surface area contributed by atoms with E-state index in [4.69, 9.17) is 11.6 Å². The van der Waals surface area contributed by atoms with E-state index in [1.807, 2.05) is 30.3 Å². The molecule has 2 heterocycles. The zero-order valence-corrected chi connectivity index (χ0v) is 16.2. The number of nitrogens with zero attached hydrogens (tertiary/aromatic N) is 4. The zero-order valence-electron chi connectivity index (χ0n) is 15.4. The third-order valence-corrected chi connectivity index (χ3v) is 5.05. The SMILES string of the molecule is FC(F)(F)c1cc(-c2ccccc2)nc(N2CCN(c3cccc(Cl)c3)CC2)n1. The van der Waals surface area contributed by atoms with Crippen molar-refractivity contribution in [3.8, 4) is 11.3 Å². The molecule has 0 atom stereocenters. The topological polar surface area (TPSA) is 32.3 Å². The lowest BCUT2D eigenvalue weighted by Gasteiger charge is -2.36. The van der Waals surface area contributed by atoms with E-state index in [0.717, 1.165) is 11.8 Å². The average Bonchev–Trinajstić information content (AvgIpc) is 2.73. The highest BCUT2D eigenvalue weighted by atomic mass is 35.5. The number of benzene rings is 2. The van der Waals surface area contributed by atoms with Crippen LogP contribution in [-0.4, -0.2) is 36.1 Å². The molecule has 0 N–H and O–H groups in total. The van der Waals surface area contributed by atoms with E-state index in [0.29, 0.717) is 36.8 Å². The molecule has 1 aromatic heterocycles. The summed E-state index contributed by atoms with van der Waals surface area (Å²) in [6, 6.07) is 17.4. The highest BCUT2D eigenvalue weighted by Gasteiger charge is 2.34. The first-order valence-electron chi connectivity index (χ1n) is 9.17. The molecule has 0 bridgehead atoms. The molecule has 1 aliphatic rings. The summed E-state index contributed by atoms with van der Waals surface area (Å²) in [4.78, 5) is 12.2. The van der Waals surface area contributed by atoms with E-state index < -0.39 is 11.9 Å². The van der Waals surface area contributed by atoms with Gasteiger partial charge in [-0.05, 0) is 24.3 Å². The first-order chi connectivity index (χ1) is 13.9. The first-order valence-corrected chi connectivity index (χ1v) is 9.55. The van der Waals surface area contributed by atoms with Crippen LogP contribution >= 0.6 is 11.6 Å². The monoisotopic (exact) mass is 418 g/mol. The highest BCUT2D eigenvalue weighted by molar-refractivity contribution is 6.30. The Morgan fingerprint density at radius 3 is 2.14 bits per heavy atom. The molecule has 4 nitrogen and oxygen atoms in total. The van der Waals surface area contributed by atoms with Gasteiger partial charge in [0.2, 0.25) is 5.95 Å². The van der Waals surface area contributed by atoms with Crippen LogP contribution in [0.5, 0.6) is 0 Å². The maximum absolute atomic E-state index is 13.4. The number of anilines is 2. The van der Waals surface area contributed by atoms with Crippen molar-refractivity contribution < 1.29 is 13.2 Å². The van der Waals surface area contributed by atoms with Gasteiger partial charge >= 0.3 is 6.18 Å². The fourth-order valence-electron chi connectivity index (χ4n) is 3.32. The minimum absolute atomic E-state index is 0.101. The molecule has 0 saturated carbocycles. The van der Waals surface area contributed by atoms with Crippen LogP contribution in [0.15, 0.2) is 60.7 Å². The molecule has 3 aromatic rings. The van der Waals surface area contributed by atoms with Crippen LogP contribution in [-0.2, 0) is 6.18 Å². The number of halogens is 4. The number of alkyl halides is 3. The Labute approximate surface area is 171 Å². The van der Waals surface area contributed by atoms with E-state index in [9.17, 15) is 13.2 Å². The average molecular weight is 419 g/mol. The van der Waals surface area contributed by atoms with Gasteiger partial charge in [-0.1, -0.05) is 48.0 Å². The van der Waals surface area contributed by atoms with Gasteiger partial charge in [0, 0.05) is 42.5 Å². The molecule has 4 rings (SSSR count). The number of piperazine rings is 1. The van der Waals surface area contributed by atoms with Gasteiger partial charge in [0.25, 0.3) is 0 Å². The van der Waals surface area contributed by atoms with Crippen LogP contribution in [0.3, 0.4) is 0 Å². The Morgan fingerprint density at radius 2 is 1.48 bits per heavy atom. The standard InChI is InChI=1S/C21H18ClF3N4/c22-16-7-4-8-17(13-16)28-9-11-29(12-10-28)20-26-18(15-5-2-1-3-6-15)14-19(27-20)21(23,24)25/h1-8,13-14H,9-12H2. The molecule has 0 spiro atoms. The minimum atomic E-state index is -4.54. The largest absolute Gasteiger partial charge is 0.433 e. The number of hydrogen-bond acceptors (Lipinski definition) is 4. The second-order valence-corrected chi connectivity index (χ2v) is 7.19. The Hall–Kier alpha value is -2.80. The van der Waals surface area contributed by atoms with E-state index in [1.54, 1.807) is 29.2 Å². The van der Waals surface area contributed by atoms with E-state index in [2.05, 4.69) is 14.9 Å². The summed E-state index contributed by atoms with van der Waals surface area (Å²) in [5, 5.41) is 0.652. The van der Waals surface area contributed by atoms with E-state index in [-0.39, 0.29) is 11.6 Å². The van der Waals surface area contributed by atoms with Crippen LogP contribution in [0.1, 0.15) is 5.69 Å². The summed E-state index contributed by atoms with van der Waals surface area (Å²) in [7, 11) is 0. The van der Waals surface area contributed by atoms with Crippen LogP contribution in [0, 0.1) is 0 Å². The van der Waals surface area contributed by atoms with Crippen molar-refractivity contribution in [3.63, 3.8) is 0 Å². The van der Waals surface area contributed by atoms with Gasteiger partial charge in [-0.15, -0.1) is 0 Å². The maximum Gasteiger partial charge on any atom is 0.433 e. The van der Waals surface area contributed by atoms with Gasteiger partial charge < -0.3 is 9.80 Å². The fourth-order valence-corrected chi connectivity index (χ4v) is 3.50. The van der Waals surface area contributed by atoms with Crippen molar-refractivity contribution in [1.29, 1.82) is 0 Å². The summed E-state index contributed by atoms with van der Waals surface area (Å²) in [5.41, 5.74) is 0.949. The molecule has 29 heavy (non-hydrogen) atoms. The lowest BCUT2D eigenvalue weighted by molar-refractivity contribution is -0.141. The Morgan fingerprint density at radius 1 is 0.793 bits per heavy atom. The third-order valence-electron chi connectivity index (χ3n) is 4.81. The lowest BCUT2D eigenvalue weighted by Crippen LogP contribution is -2.47. The van der Waals surface area contributed by atoms with Gasteiger partial charge in [-0.3, -0.25) is 0 Å². The molecule has 2 aromatic carbocycles. The maximum atomic E-state index is 13.4. The normalized spacial score (nSPS) is 14.9. The summed E-state index contributed by atoms with van der Waals surface area (Å²) >= 11 is 6.06. The zero-order chi connectivity index (χ0) is 20.4. The molecule has 1 fully saturated rings. The molecule has 0 unspecified atom stereocenters. The molecule has 0 amide bonds. The molecule has 150 valence electrons. The van der Waals surface area contributed by atoms with Gasteiger partial charge in [-0.25, -0.2) is 9.97 Å². The highest BCUT2D eigenvalue weighted by Crippen LogP contribution is 2.32. The van der Waals surface area contributed by atoms with Gasteiger partial charge in [0.15, 0.2) is 5.69 Å². The Balaban J connectivity index is 1.60. The summed E-state index contributed by atoms with van der Waals surface area (Å²) in [6.45, 7) is 2.31. The third kappa shape index (κ3) is 4.45. The van der Waals surface area contributed by atoms with Gasteiger partial charge in [-0.2, -0.15) is 13.2 Å². The lowest BCUT2D eigenvalue weighted by atomic mass is 10.1. The molecule has 1 aliphatic heterocycles. The molecular formula is C21H18ClF3N4. The van der Waals surface area contributed by atoms with Crippen molar-refractivity contribution in [2.24, 2.45) is 0 Å². The minimum Gasteiger partial charge on any atom is -0.368 e. The van der Waals surface area contributed by atoms with E-state index >= 15 is 0 Å². The molecule has 1 saturated heterocycles. The molecule has 8 heteroatoms. The van der Waals surface area contributed by atoms with Crippen molar-refractivity contribution in [3.05, 3.63) is 71.4 Å². The molecule has 0 aliphatic carbocycles. The second-order valence-electron chi connectivity index (χ2n) is 6.76. The predicted octanol–water partition coefficient (Wildman–Crippen LogP) is 5.14. The van der Waals surface area contributed by atoms with Crippen LogP contribution in [0.25, 0.3) is 11.3 Å². The van der Waals surface area contributed by atoms with Crippen molar-refractivity contribution in [1.82, 2.24) is 9.97 Å². The van der Waals surface area contributed by atoms with E-state index in [1.165, 1.54) is 0 Å². The van der Waals surface area contributed by atoms with Gasteiger partial charge in [0.05, 0.1) is 5.69 Å². The Kier molecular flexibility index (Phi) is 5.32. The van der Waals surface area contributed by atoms with Crippen LogP contribution in [0.4, 0.5) is 24.8 Å². The number of aromatic nitrogens is 2. The quantitative estimate of drug-likeness (QED) is 0.589.